The summed E-state index contributed by atoms with van der Waals surface area (Å²) in [6.45, 7) is 0.438. The number of aromatic nitrogens is 2. The van der Waals surface area contributed by atoms with E-state index in [1.54, 1.807) is 12.3 Å². The fourth-order valence-corrected chi connectivity index (χ4v) is 1.04. The van der Waals surface area contributed by atoms with Gasteiger partial charge in [0.15, 0.2) is 0 Å². The lowest BCUT2D eigenvalue weighted by molar-refractivity contribution is -0.113. The molecule has 13 heavy (non-hydrogen) atoms. The minimum atomic E-state index is -0.217. The van der Waals surface area contributed by atoms with Crippen LogP contribution in [-0.4, -0.2) is 22.9 Å². The number of hydrogen-bond donors (Lipinski definition) is 0. The molecule has 1 heterocycles. The van der Waals surface area contributed by atoms with Crippen molar-refractivity contribution in [2.45, 2.75) is 12.8 Å². The monoisotopic (exact) mass is 178 g/mol. The van der Waals surface area contributed by atoms with E-state index in [0.29, 0.717) is 12.5 Å². The summed E-state index contributed by atoms with van der Waals surface area (Å²) in [5.74, 6) is 0.531. The van der Waals surface area contributed by atoms with Gasteiger partial charge in [-0.05, 0) is 12.8 Å². The summed E-state index contributed by atoms with van der Waals surface area (Å²) in [5, 5.41) is 0. The van der Waals surface area contributed by atoms with Gasteiger partial charge in [0.1, 0.15) is 19.2 Å². The van der Waals surface area contributed by atoms with Gasteiger partial charge in [0.25, 0.3) is 0 Å². The van der Waals surface area contributed by atoms with Gasteiger partial charge in [0, 0.05) is 12.3 Å². The average Bonchev–Trinajstić information content (AvgIpc) is 2.97. The molecule has 0 amide bonds. The highest BCUT2D eigenvalue weighted by molar-refractivity contribution is 5.63. The molecule has 4 nitrogen and oxygen atoms in total. The summed E-state index contributed by atoms with van der Waals surface area (Å²) in [6, 6.07) is 1.68. The van der Waals surface area contributed by atoms with Gasteiger partial charge in [0.05, 0.1) is 5.41 Å². The fourth-order valence-electron chi connectivity index (χ4n) is 1.04. The van der Waals surface area contributed by atoms with E-state index in [2.05, 4.69) is 9.97 Å². The summed E-state index contributed by atoms with van der Waals surface area (Å²) in [6.07, 6.45) is 5.88. The van der Waals surface area contributed by atoms with E-state index >= 15 is 0 Å². The van der Waals surface area contributed by atoms with Crippen LogP contribution in [0.2, 0.25) is 0 Å². The average molecular weight is 178 g/mol. The molecule has 1 saturated carbocycles. The number of hydrogen-bond acceptors (Lipinski definition) is 4. The van der Waals surface area contributed by atoms with Crippen LogP contribution in [0.25, 0.3) is 0 Å². The minimum Gasteiger partial charge on any atom is -0.477 e. The molecule has 4 heteroatoms. The molecule has 1 fully saturated rings. The van der Waals surface area contributed by atoms with E-state index in [4.69, 9.17) is 4.74 Å². The number of carbonyl (C=O) groups excluding carboxylic acids is 1. The Morgan fingerprint density at radius 1 is 1.62 bits per heavy atom. The molecule has 0 bridgehead atoms. The quantitative estimate of drug-likeness (QED) is 0.641. The molecular weight excluding hydrogens is 168 g/mol. The number of nitrogens with zero attached hydrogens (tertiary/aromatic N) is 2. The first kappa shape index (κ1) is 8.16. The van der Waals surface area contributed by atoms with Gasteiger partial charge in [-0.25, -0.2) is 9.97 Å². The second kappa shape index (κ2) is 3.12. The largest absolute Gasteiger partial charge is 0.477 e. The second-order valence-corrected chi connectivity index (χ2v) is 3.32. The summed E-state index contributed by atoms with van der Waals surface area (Å²) >= 11 is 0. The van der Waals surface area contributed by atoms with Gasteiger partial charge in [0.2, 0.25) is 5.88 Å². The zero-order chi connectivity index (χ0) is 9.15. The fraction of sp³-hybridized carbons (Fsp3) is 0.444. The summed E-state index contributed by atoms with van der Waals surface area (Å²) in [7, 11) is 0. The SMILES string of the molecule is O=CC1(COc2ccncn2)CC1. The topological polar surface area (TPSA) is 52.1 Å². The Kier molecular flexibility index (Phi) is 1.96. The Labute approximate surface area is 76.0 Å². The molecular formula is C9H10N2O2. The van der Waals surface area contributed by atoms with Crippen LogP contribution in [0.4, 0.5) is 0 Å². The molecule has 1 aromatic rings. The molecule has 1 aromatic heterocycles. The van der Waals surface area contributed by atoms with E-state index in [1.165, 1.54) is 6.33 Å². The van der Waals surface area contributed by atoms with Crippen molar-refractivity contribution in [2.24, 2.45) is 5.41 Å². The maximum atomic E-state index is 10.6. The van der Waals surface area contributed by atoms with Crippen molar-refractivity contribution in [3.8, 4) is 5.88 Å². The number of ether oxygens (including phenoxy) is 1. The molecule has 0 spiro atoms. The molecule has 1 aliphatic carbocycles. The first-order valence-corrected chi connectivity index (χ1v) is 4.20. The molecule has 2 rings (SSSR count). The summed E-state index contributed by atoms with van der Waals surface area (Å²) < 4.78 is 5.34. The van der Waals surface area contributed by atoms with Gasteiger partial charge < -0.3 is 9.53 Å². The van der Waals surface area contributed by atoms with Crippen molar-refractivity contribution < 1.29 is 9.53 Å². The third-order valence-corrected chi connectivity index (χ3v) is 2.20. The zero-order valence-corrected chi connectivity index (χ0v) is 7.14. The van der Waals surface area contributed by atoms with Gasteiger partial charge in [-0.2, -0.15) is 0 Å². The Balaban J connectivity index is 1.90. The predicted octanol–water partition coefficient (Wildman–Crippen LogP) is 0.834. The van der Waals surface area contributed by atoms with Crippen LogP contribution < -0.4 is 4.74 Å². The van der Waals surface area contributed by atoms with E-state index in [1.807, 2.05) is 0 Å². The Hall–Kier alpha value is -1.45. The summed E-state index contributed by atoms with van der Waals surface area (Å²) in [4.78, 5) is 18.3. The molecule has 0 aliphatic heterocycles. The molecule has 1 aliphatic rings. The lowest BCUT2D eigenvalue weighted by Crippen LogP contribution is -2.14. The Bertz CT molecular complexity index is 296. The Morgan fingerprint density at radius 3 is 3.00 bits per heavy atom. The van der Waals surface area contributed by atoms with Crippen LogP contribution >= 0.6 is 0 Å². The Morgan fingerprint density at radius 2 is 2.46 bits per heavy atom. The highest BCUT2D eigenvalue weighted by atomic mass is 16.5. The van der Waals surface area contributed by atoms with Gasteiger partial charge in [-0.1, -0.05) is 0 Å². The van der Waals surface area contributed by atoms with Gasteiger partial charge in [-0.3, -0.25) is 0 Å². The van der Waals surface area contributed by atoms with Crippen molar-refractivity contribution in [3.63, 3.8) is 0 Å². The molecule has 0 unspecified atom stereocenters. The van der Waals surface area contributed by atoms with Crippen LogP contribution in [-0.2, 0) is 4.79 Å². The molecule has 0 radical (unpaired) electrons. The number of rotatable bonds is 4. The third kappa shape index (κ3) is 1.83. The number of carbonyl (C=O) groups is 1. The van der Waals surface area contributed by atoms with Crippen LogP contribution in [0.1, 0.15) is 12.8 Å². The van der Waals surface area contributed by atoms with Crippen LogP contribution in [0.5, 0.6) is 5.88 Å². The van der Waals surface area contributed by atoms with Crippen LogP contribution in [0.3, 0.4) is 0 Å². The highest BCUT2D eigenvalue weighted by Crippen LogP contribution is 2.43. The van der Waals surface area contributed by atoms with E-state index in [9.17, 15) is 4.79 Å². The van der Waals surface area contributed by atoms with Gasteiger partial charge >= 0.3 is 0 Å². The second-order valence-electron chi connectivity index (χ2n) is 3.32. The minimum absolute atomic E-state index is 0.217. The van der Waals surface area contributed by atoms with Crippen molar-refractivity contribution in [1.29, 1.82) is 0 Å². The predicted molar refractivity (Wildman–Crippen MR) is 45.3 cm³/mol. The van der Waals surface area contributed by atoms with Crippen molar-refractivity contribution in [3.05, 3.63) is 18.6 Å². The lowest BCUT2D eigenvalue weighted by Gasteiger charge is -2.07. The van der Waals surface area contributed by atoms with Crippen molar-refractivity contribution >= 4 is 6.29 Å². The van der Waals surface area contributed by atoms with Crippen LogP contribution in [0.15, 0.2) is 18.6 Å². The zero-order valence-electron chi connectivity index (χ0n) is 7.14. The number of aldehydes is 1. The lowest BCUT2D eigenvalue weighted by atomic mass is 10.1. The van der Waals surface area contributed by atoms with Crippen molar-refractivity contribution in [2.75, 3.05) is 6.61 Å². The summed E-state index contributed by atoms with van der Waals surface area (Å²) in [5.41, 5.74) is -0.217. The van der Waals surface area contributed by atoms with Crippen LogP contribution in [0, 0.1) is 5.41 Å². The van der Waals surface area contributed by atoms with E-state index in [0.717, 1.165) is 19.1 Å². The van der Waals surface area contributed by atoms with E-state index < -0.39 is 0 Å². The normalized spacial score (nSPS) is 17.8. The molecule has 0 aromatic carbocycles. The van der Waals surface area contributed by atoms with Gasteiger partial charge in [-0.15, -0.1) is 0 Å². The maximum absolute atomic E-state index is 10.6. The first-order valence-electron chi connectivity index (χ1n) is 4.20. The molecule has 0 atom stereocenters. The maximum Gasteiger partial charge on any atom is 0.216 e. The highest BCUT2D eigenvalue weighted by Gasteiger charge is 2.43. The third-order valence-electron chi connectivity index (χ3n) is 2.20. The van der Waals surface area contributed by atoms with E-state index in [-0.39, 0.29) is 5.41 Å². The van der Waals surface area contributed by atoms with Crippen molar-refractivity contribution in [1.82, 2.24) is 9.97 Å². The molecule has 0 N–H and O–H groups in total. The first-order chi connectivity index (χ1) is 6.35. The molecule has 0 saturated heterocycles. The smallest absolute Gasteiger partial charge is 0.216 e. The standard InChI is InChI=1S/C9H10N2O2/c12-5-9(2-3-9)6-13-8-1-4-10-7-11-8/h1,4-5,7H,2-3,6H2. The molecule has 68 valence electrons.